The zero-order valence-corrected chi connectivity index (χ0v) is 29.0. The van der Waals surface area contributed by atoms with Gasteiger partial charge in [0.1, 0.15) is 23.9 Å². The number of imidazole rings is 1. The highest BCUT2D eigenvalue weighted by atomic mass is 32.2. The molecule has 4 rings (SSSR count). The van der Waals surface area contributed by atoms with E-state index >= 15 is 0 Å². The molecule has 3 atom stereocenters. The third-order valence-corrected chi connectivity index (χ3v) is 8.85. The molecule has 0 radical (unpaired) electrons. The van der Waals surface area contributed by atoms with Crippen molar-refractivity contribution in [1.82, 2.24) is 19.5 Å². The quantitative estimate of drug-likeness (QED) is 0.121. The van der Waals surface area contributed by atoms with Gasteiger partial charge in [0.15, 0.2) is 27.7 Å². The Kier molecular flexibility index (Phi) is 11.3. The largest absolute Gasteiger partial charge is 0.458 e. The molecule has 3 heterocycles. The zero-order valence-electron chi connectivity index (χ0n) is 28.2. The number of aliphatic hydroxyl groups is 1. The fourth-order valence-corrected chi connectivity index (χ4v) is 6.59. The Morgan fingerprint density at radius 1 is 1.21 bits per heavy atom. The van der Waals surface area contributed by atoms with Crippen molar-refractivity contribution in [1.29, 1.82) is 0 Å². The summed E-state index contributed by atoms with van der Waals surface area (Å²) in [5, 5.41) is 13.2. The molecule has 1 saturated heterocycles. The third-order valence-electron chi connectivity index (χ3n) is 7.95. The van der Waals surface area contributed by atoms with Crippen LogP contribution in [-0.2, 0) is 34.1 Å². The lowest BCUT2D eigenvalue weighted by Gasteiger charge is -2.31. The van der Waals surface area contributed by atoms with Gasteiger partial charge in [-0.3, -0.25) is 23.7 Å². The van der Waals surface area contributed by atoms with Gasteiger partial charge in [0.2, 0.25) is 5.91 Å². The van der Waals surface area contributed by atoms with E-state index in [9.17, 15) is 24.3 Å². The van der Waals surface area contributed by atoms with Gasteiger partial charge < -0.3 is 24.6 Å². The number of terminal acetylenes is 1. The number of carbonyl (C=O) groups excluding carboxylic acids is 4. The maximum atomic E-state index is 13.5. The molecular weight excluding hydrogens is 638 g/mol. The lowest BCUT2D eigenvalue weighted by molar-refractivity contribution is -0.160. The van der Waals surface area contributed by atoms with Crippen LogP contribution in [0, 0.1) is 33.1 Å². The van der Waals surface area contributed by atoms with Crippen LogP contribution in [0.15, 0.2) is 18.5 Å². The maximum absolute atomic E-state index is 13.5. The van der Waals surface area contributed by atoms with Crippen LogP contribution in [0.2, 0.25) is 0 Å². The third kappa shape index (κ3) is 8.21. The molecule has 2 aromatic heterocycles. The Morgan fingerprint density at radius 3 is 2.58 bits per heavy atom. The summed E-state index contributed by atoms with van der Waals surface area (Å²) >= 11 is 1.16. The van der Waals surface area contributed by atoms with Crippen LogP contribution in [0.1, 0.15) is 82.1 Å². The predicted molar refractivity (Wildman–Crippen MR) is 179 cm³/mol. The number of fused-ring (bicyclic) bond motifs is 1. The first-order valence-electron chi connectivity index (χ1n) is 15.5. The van der Waals surface area contributed by atoms with E-state index in [0.717, 1.165) is 22.9 Å². The molecule has 48 heavy (non-hydrogen) atoms. The topological polar surface area (TPSA) is 172 Å². The second-order valence-electron chi connectivity index (χ2n) is 12.5. The number of amides is 1. The van der Waals surface area contributed by atoms with Gasteiger partial charge in [0.25, 0.3) is 0 Å². The lowest BCUT2D eigenvalue weighted by atomic mass is 9.78. The van der Waals surface area contributed by atoms with E-state index < -0.39 is 41.9 Å². The van der Waals surface area contributed by atoms with Crippen molar-refractivity contribution < 1.29 is 38.5 Å². The van der Waals surface area contributed by atoms with Crippen LogP contribution in [0.5, 0.6) is 5.75 Å². The number of ether oxygens (including phenoxy) is 3. The van der Waals surface area contributed by atoms with Crippen molar-refractivity contribution in [3.63, 3.8) is 0 Å². The molecule has 2 N–H and O–H groups in total. The van der Waals surface area contributed by atoms with Crippen LogP contribution in [0.3, 0.4) is 0 Å². The Bertz CT molecular complexity index is 1780. The summed E-state index contributed by atoms with van der Waals surface area (Å²) in [6.45, 7) is 11.3. The van der Waals surface area contributed by atoms with Gasteiger partial charge in [0, 0.05) is 43.4 Å². The molecule has 3 aromatic rings. The van der Waals surface area contributed by atoms with Gasteiger partial charge in [0.05, 0.1) is 19.4 Å². The molecule has 1 fully saturated rings. The Hall–Kier alpha value is -4.32. The normalized spacial score (nSPS) is 19.1. The highest BCUT2D eigenvalue weighted by Crippen LogP contribution is 2.42. The van der Waals surface area contributed by atoms with E-state index in [1.807, 2.05) is 33.8 Å². The number of aliphatic hydroxyl groups excluding tert-OH is 1. The van der Waals surface area contributed by atoms with Crippen molar-refractivity contribution in [3.05, 3.63) is 41.0 Å². The number of hydrogen-bond acceptors (Lipinski definition) is 12. The number of nitrogens with zero attached hydrogens (tertiary/aromatic N) is 4. The van der Waals surface area contributed by atoms with Crippen LogP contribution in [0.4, 0.5) is 5.82 Å². The number of esters is 2. The zero-order chi connectivity index (χ0) is 35.4. The van der Waals surface area contributed by atoms with Gasteiger partial charge in [-0.25, -0.2) is 15.0 Å². The van der Waals surface area contributed by atoms with Crippen molar-refractivity contribution >= 4 is 51.7 Å². The molecule has 0 spiro atoms. The fourth-order valence-electron chi connectivity index (χ4n) is 6.01. The summed E-state index contributed by atoms with van der Waals surface area (Å²) in [5.41, 5.74) is 0.658. The summed E-state index contributed by atoms with van der Waals surface area (Å²) in [5.74, 6) is 2.63. The molecule has 1 aliphatic rings. The minimum absolute atomic E-state index is 0.00807. The first kappa shape index (κ1) is 36.5. The molecular formula is C34H41N5O8S. The number of nitrogens with one attached hydrogen (secondary N) is 1. The number of anilines is 1. The first-order valence-corrected chi connectivity index (χ1v) is 16.5. The summed E-state index contributed by atoms with van der Waals surface area (Å²) < 4.78 is 19.2. The van der Waals surface area contributed by atoms with Gasteiger partial charge in [-0.2, -0.15) is 0 Å². The van der Waals surface area contributed by atoms with Crippen LogP contribution in [-0.4, -0.2) is 71.7 Å². The highest BCUT2D eigenvalue weighted by molar-refractivity contribution is 8.13. The standard InChI is InChI=1S/C34H41N5O8S/c1-9-34(17-40)25(46-28(44)16-33(7,8)29-20(3)13-19(2)14-24(29)45-22(5)41)15-27(47-34)39-18-35-30-31(36-21(4)37-32(30)39)38-26(43)11-10-12-48-23(6)42/h1,13-14,18,25,27,40H,10-12,15-17H2,2-8H3,(H,36,37,38,43)/t25-,27+,34+/m0/s1. The molecule has 14 heteroatoms. The number of aryl methyl sites for hydroxylation is 3. The fraction of sp³-hybridized carbons (Fsp3) is 0.500. The van der Waals surface area contributed by atoms with Crippen molar-refractivity contribution in [2.45, 2.75) is 97.5 Å². The van der Waals surface area contributed by atoms with Crippen molar-refractivity contribution in [2.24, 2.45) is 0 Å². The van der Waals surface area contributed by atoms with E-state index in [0.29, 0.717) is 40.5 Å². The van der Waals surface area contributed by atoms with Crippen molar-refractivity contribution in [2.75, 3.05) is 17.7 Å². The molecule has 0 unspecified atom stereocenters. The summed E-state index contributed by atoms with van der Waals surface area (Å²) in [4.78, 5) is 62.4. The monoisotopic (exact) mass is 679 g/mol. The number of benzene rings is 1. The van der Waals surface area contributed by atoms with Crippen LogP contribution in [0.25, 0.3) is 11.2 Å². The van der Waals surface area contributed by atoms with E-state index in [4.69, 9.17) is 20.6 Å². The average molecular weight is 680 g/mol. The Labute approximate surface area is 283 Å². The van der Waals surface area contributed by atoms with E-state index in [1.54, 1.807) is 17.6 Å². The average Bonchev–Trinajstić information content (AvgIpc) is 3.55. The number of hydrogen-bond donors (Lipinski definition) is 2. The van der Waals surface area contributed by atoms with Crippen molar-refractivity contribution in [3.8, 4) is 18.1 Å². The predicted octanol–water partition coefficient (Wildman–Crippen LogP) is 4.24. The van der Waals surface area contributed by atoms with Crippen LogP contribution < -0.4 is 10.1 Å². The number of carbonyl (C=O) groups is 4. The highest BCUT2D eigenvalue weighted by Gasteiger charge is 2.51. The minimum atomic E-state index is -1.65. The SMILES string of the molecule is C#C[C@]1(CO)O[C@@H](n2cnc3c(NC(=O)CCCSC(C)=O)nc(C)nc32)C[C@@H]1OC(=O)CC(C)(C)c1c(C)cc(C)cc1OC(C)=O. The minimum Gasteiger partial charge on any atom is -0.458 e. The van der Waals surface area contributed by atoms with Gasteiger partial charge >= 0.3 is 11.9 Å². The van der Waals surface area contributed by atoms with Gasteiger partial charge in [-0.05, 0) is 44.4 Å². The molecule has 1 amide bonds. The molecule has 0 saturated carbocycles. The van der Waals surface area contributed by atoms with Gasteiger partial charge in [-0.15, -0.1) is 6.42 Å². The van der Waals surface area contributed by atoms with E-state index in [1.165, 1.54) is 20.2 Å². The second kappa shape index (κ2) is 14.8. The summed E-state index contributed by atoms with van der Waals surface area (Å²) in [6.07, 6.45) is 6.16. The molecule has 13 nitrogen and oxygen atoms in total. The number of thioether (sulfide) groups is 1. The maximum Gasteiger partial charge on any atom is 0.308 e. The first-order chi connectivity index (χ1) is 22.6. The molecule has 1 aromatic carbocycles. The smallest absolute Gasteiger partial charge is 0.308 e. The van der Waals surface area contributed by atoms with E-state index in [-0.39, 0.29) is 36.1 Å². The second-order valence-corrected chi connectivity index (χ2v) is 13.8. The molecule has 0 bridgehead atoms. The molecule has 0 aliphatic carbocycles. The summed E-state index contributed by atoms with van der Waals surface area (Å²) in [7, 11) is 0. The van der Waals surface area contributed by atoms with Gasteiger partial charge in [-0.1, -0.05) is 37.6 Å². The molecule has 1 aliphatic heterocycles. The van der Waals surface area contributed by atoms with E-state index in [2.05, 4.69) is 26.2 Å². The van der Waals surface area contributed by atoms with Crippen LogP contribution >= 0.6 is 11.8 Å². The number of aromatic nitrogens is 4. The summed E-state index contributed by atoms with van der Waals surface area (Å²) in [6, 6.07) is 3.71. The number of rotatable bonds is 12. The Balaban J connectivity index is 1.55. The Morgan fingerprint density at radius 2 is 1.94 bits per heavy atom. The molecule has 256 valence electrons. The lowest BCUT2D eigenvalue weighted by Crippen LogP contribution is -2.44.